The zero-order valence-electron chi connectivity index (χ0n) is 15.8. The molecule has 1 fully saturated rings. The van der Waals surface area contributed by atoms with Crippen LogP contribution in [0.25, 0.3) is 0 Å². The molecule has 1 amide bonds. The van der Waals surface area contributed by atoms with Gasteiger partial charge in [0.25, 0.3) is 0 Å². The van der Waals surface area contributed by atoms with Gasteiger partial charge in [0.2, 0.25) is 5.91 Å². The molecule has 1 aliphatic carbocycles. The van der Waals surface area contributed by atoms with Gasteiger partial charge in [-0.3, -0.25) is 4.79 Å². The van der Waals surface area contributed by atoms with Crippen molar-refractivity contribution >= 4 is 23.6 Å². The summed E-state index contributed by atoms with van der Waals surface area (Å²) in [6.45, 7) is 6.52. The maximum absolute atomic E-state index is 12.6. The van der Waals surface area contributed by atoms with E-state index in [4.69, 9.17) is 0 Å². The van der Waals surface area contributed by atoms with Gasteiger partial charge in [-0.1, -0.05) is 40.0 Å². The van der Waals surface area contributed by atoms with Crippen LogP contribution >= 0.6 is 11.8 Å². The van der Waals surface area contributed by atoms with Gasteiger partial charge in [0.1, 0.15) is 6.04 Å². The van der Waals surface area contributed by atoms with E-state index >= 15 is 0 Å². The maximum atomic E-state index is 12.6. The summed E-state index contributed by atoms with van der Waals surface area (Å²) in [5.41, 5.74) is -0.401. The predicted molar refractivity (Wildman–Crippen MR) is 101 cm³/mol. The number of carbonyl (C=O) groups is 2. The average molecular weight is 358 g/mol. The average Bonchev–Trinajstić information content (AvgIpc) is 2.52. The second kappa shape index (κ2) is 10.3. The van der Waals surface area contributed by atoms with Crippen molar-refractivity contribution < 1.29 is 14.7 Å². The number of hydrogen-bond donors (Lipinski definition) is 2. The molecule has 0 saturated heterocycles. The largest absolute Gasteiger partial charge is 0.480 e. The Morgan fingerprint density at radius 2 is 1.88 bits per heavy atom. The van der Waals surface area contributed by atoms with Gasteiger partial charge in [0.15, 0.2) is 0 Å². The first kappa shape index (κ1) is 21.3. The summed E-state index contributed by atoms with van der Waals surface area (Å²) in [5, 5.41) is 12.1. The normalized spacial score (nSPS) is 25.5. The summed E-state index contributed by atoms with van der Waals surface area (Å²) in [6.07, 6.45) is 10.2. The van der Waals surface area contributed by atoms with Crippen molar-refractivity contribution in [1.82, 2.24) is 5.32 Å². The van der Waals surface area contributed by atoms with E-state index in [0.29, 0.717) is 6.42 Å². The SMILES string of the molecule is CSCCC(NC(=O)[C@]1(C)CC[C@H](CCCC(C)C)CC1)C(=O)O. The van der Waals surface area contributed by atoms with Gasteiger partial charge < -0.3 is 10.4 Å². The van der Waals surface area contributed by atoms with Crippen molar-refractivity contribution in [2.45, 2.75) is 78.2 Å². The van der Waals surface area contributed by atoms with Gasteiger partial charge in [0.05, 0.1) is 0 Å². The molecular weight excluding hydrogens is 322 g/mol. The molecule has 0 aliphatic heterocycles. The van der Waals surface area contributed by atoms with Gasteiger partial charge >= 0.3 is 5.97 Å². The fraction of sp³-hybridized carbons (Fsp3) is 0.895. The molecule has 1 atom stereocenters. The Balaban J connectivity index is 2.46. The monoisotopic (exact) mass is 357 g/mol. The summed E-state index contributed by atoms with van der Waals surface area (Å²) in [5.74, 6) is 1.24. The number of amides is 1. The molecule has 24 heavy (non-hydrogen) atoms. The van der Waals surface area contributed by atoms with Gasteiger partial charge in [-0.15, -0.1) is 0 Å². The van der Waals surface area contributed by atoms with Crippen LogP contribution in [0.1, 0.15) is 72.1 Å². The lowest BCUT2D eigenvalue weighted by Gasteiger charge is -2.37. The summed E-state index contributed by atoms with van der Waals surface area (Å²) in [4.78, 5) is 24.0. The van der Waals surface area contributed by atoms with Crippen molar-refractivity contribution in [3.05, 3.63) is 0 Å². The zero-order valence-corrected chi connectivity index (χ0v) is 16.6. The fourth-order valence-corrected chi connectivity index (χ4v) is 3.94. The number of thioether (sulfide) groups is 1. The van der Waals surface area contributed by atoms with Crippen molar-refractivity contribution in [3.8, 4) is 0 Å². The molecule has 1 rings (SSSR count). The maximum Gasteiger partial charge on any atom is 0.326 e. The highest BCUT2D eigenvalue weighted by Gasteiger charge is 2.38. The van der Waals surface area contributed by atoms with Crippen LogP contribution in [-0.2, 0) is 9.59 Å². The first-order valence-corrected chi connectivity index (χ1v) is 10.7. The van der Waals surface area contributed by atoms with E-state index in [0.717, 1.165) is 43.3 Å². The molecule has 0 bridgehead atoms. The first-order chi connectivity index (χ1) is 11.3. The molecule has 5 heteroatoms. The number of carboxylic acids is 1. The Bertz CT molecular complexity index is 403. The molecule has 1 unspecified atom stereocenters. The number of nitrogens with one attached hydrogen (secondary N) is 1. The van der Waals surface area contributed by atoms with E-state index in [9.17, 15) is 14.7 Å². The molecule has 2 N–H and O–H groups in total. The molecule has 0 spiro atoms. The Morgan fingerprint density at radius 1 is 1.25 bits per heavy atom. The minimum atomic E-state index is -0.927. The molecule has 0 aromatic heterocycles. The van der Waals surface area contributed by atoms with E-state index in [1.54, 1.807) is 11.8 Å². The Morgan fingerprint density at radius 3 is 2.38 bits per heavy atom. The van der Waals surface area contributed by atoms with Crippen LogP contribution < -0.4 is 5.32 Å². The van der Waals surface area contributed by atoms with Crippen LogP contribution in [0.3, 0.4) is 0 Å². The van der Waals surface area contributed by atoms with Gasteiger partial charge in [0, 0.05) is 5.41 Å². The summed E-state index contributed by atoms with van der Waals surface area (Å²) in [7, 11) is 0. The second-order valence-electron chi connectivity index (χ2n) is 7.97. The highest BCUT2D eigenvalue weighted by Crippen LogP contribution is 2.40. The van der Waals surface area contributed by atoms with Crippen molar-refractivity contribution in [3.63, 3.8) is 0 Å². The molecule has 0 aromatic rings. The summed E-state index contributed by atoms with van der Waals surface area (Å²) in [6, 6.07) is -0.759. The minimum Gasteiger partial charge on any atom is -0.480 e. The first-order valence-electron chi connectivity index (χ1n) is 9.31. The fourth-order valence-electron chi connectivity index (χ4n) is 3.47. The summed E-state index contributed by atoms with van der Waals surface area (Å²) >= 11 is 1.60. The Kier molecular flexibility index (Phi) is 9.17. The number of aliphatic carboxylic acids is 1. The third-order valence-corrected chi connectivity index (χ3v) is 6.01. The Hall–Kier alpha value is -0.710. The van der Waals surface area contributed by atoms with Gasteiger partial charge in [-0.25, -0.2) is 4.79 Å². The molecule has 0 radical (unpaired) electrons. The van der Waals surface area contributed by atoms with Crippen molar-refractivity contribution in [1.29, 1.82) is 0 Å². The molecule has 0 heterocycles. The number of rotatable bonds is 10. The lowest BCUT2D eigenvalue weighted by Crippen LogP contribution is -2.48. The number of hydrogen-bond acceptors (Lipinski definition) is 3. The predicted octanol–water partition coefficient (Wildman–Crippen LogP) is 4.33. The third-order valence-electron chi connectivity index (χ3n) is 5.36. The van der Waals surface area contributed by atoms with Crippen LogP contribution in [0.5, 0.6) is 0 Å². The third kappa shape index (κ3) is 7.04. The molecule has 1 aliphatic rings. The number of carboxylic acid groups (broad SMARTS) is 1. The summed E-state index contributed by atoms with van der Waals surface area (Å²) < 4.78 is 0. The Labute approximate surface area is 151 Å². The lowest BCUT2D eigenvalue weighted by atomic mass is 9.70. The second-order valence-corrected chi connectivity index (χ2v) is 8.96. The quantitative estimate of drug-likeness (QED) is 0.610. The smallest absolute Gasteiger partial charge is 0.326 e. The van der Waals surface area contributed by atoms with E-state index in [2.05, 4.69) is 19.2 Å². The van der Waals surface area contributed by atoms with Crippen LogP contribution in [0.15, 0.2) is 0 Å². The molecule has 4 nitrogen and oxygen atoms in total. The standard InChI is InChI=1S/C19H35NO3S/c1-14(2)6-5-7-15-8-11-19(3,12-9-15)18(23)20-16(17(21)22)10-13-24-4/h14-16H,5-13H2,1-4H3,(H,20,23)(H,21,22)/t15-,16?,19+. The zero-order chi connectivity index (χ0) is 18.2. The van der Waals surface area contributed by atoms with Crippen molar-refractivity contribution in [2.24, 2.45) is 17.3 Å². The highest BCUT2D eigenvalue weighted by molar-refractivity contribution is 7.98. The van der Waals surface area contributed by atoms with Gasteiger partial charge in [-0.2, -0.15) is 11.8 Å². The minimum absolute atomic E-state index is 0.0726. The van der Waals surface area contributed by atoms with Gasteiger partial charge in [-0.05, 0) is 55.9 Å². The molecule has 1 saturated carbocycles. The topological polar surface area (TPSA) is 66.4 Å². The number of carbonyl (C=O) groups excluding carboxylic acids is 1. The van der Waals surface area contributed by atoms with Crippen molar-refractivity contribution in [2.75, 3.05) is 12.0 Å². The van der Waals surface area contributed by atoms with E-state index in [-0.39, 0.29) is 5.91 Å². The molecular formula is C19H35NO3S. The van der Waals surface area contributed by atoms with Crippen LogP contribution in [0, 0.1) is 17.3 Å². The van der Waals surface area contributed by atoms with E-state index in [1.807, 2.05) is 13.2 Å². The van der Waals surface area contributed by atoms with Crippen LogP contribution in [0.4, 0.5) is 0 Å². The van der Waals surface area contributed by atoms with Crippen LogP contribution in [-0.4, -0.2) is 35.0 Å². The highest BCUT2D eigenvalue weighted by atomic mass is 32.2. The molecule has 0 aromatic carbocycles. The van der Waals surface area contributed by atoms with E-state index in [1.165, 1.54) is 19.3 Å². The van der Waals surface area contributed by atoms with E-state index < -0.39 is 17.4 Å². The molecule has 140 valence electrons. The lowest BCUT2D eigenvalue weighted by molar-refractivity contribution is -0.144. The van der Waals surface area contributed by atoms with Crippen LogP contribution in [0.2, 0.25) is 0 Å².